The van der Waals surface area contributed by atoms with Crippen LogP contribution in [0.4, 0.5) is 0 Å². The average Bonchev–Trinajstić information content (AvgIpc) is 3.23. The number of carbonyl (C=O) groups is 1. The molecule has 4 rings (SSSR count). The van der Waals surface area contributed by atoms with E-state index in [1.165, 1.54) is 11.3 Å². The number of rotatable bonds is 3. The number of hydrogen-bond acceptors (Lipinski definition) is 4. The van der Waals surface area contributed by atoms with Gasteiger partial charge >= 0.3 is 0 Å². The molecule has 1 amide bonds. The van der Waals surface area contributed by atoms with E-state index in [0.717, 1.165) is 17.3 Å². The summed E-state index contributed by atoms with van der Waals surface area (Å²) in [6.45, 7) is 1.26. The molecule has 3 aromatic rings. The molecule has 122 valence electrons. The Hall–Kier alpha value is -2.11. The maximum Gasteiger partial charge on any atom is 0.264 e. The van der Waals surface area contributed by atoms with Crippen LogP contribution in [0.25, 0.3) is 10.9 Å². The number of pyridine rings is 1. The number of para-hydroxylation sites is 1. The van der Waals surface area contributed by atoms with Gasteiger partial charge in [0.1, 0.15) is 6.10 Å². The van der Waals surface area contributed by atoms with E-state index in [1.54, 1.807) is 12.1 Å². The second kappa shape index (κ2) is 6.42. The third kappa shape index (κ3) is 3.09. The first-order valence-corrected chi connectivity index (χ1v) is 8.95. The molecule has 0 aliphatic carbocycles. The zero-order chi connectivity index (χ0) is 16.5. The lowest BCUT2D eigenvalue weighted by atomic mass is 10.2. The minimum absolute atomic E-state index is 0.0180. The fraction of sp³-hybridized carbons (Fsp3) is 0.222. The molecule has 0 saturated carbocycles. The summed E-state index contributed by atoms with van der Waals surface area (Å²) in [6, 6.07) is 15.3. The molecule has 6 heteroatoms. The lowest BCUT2D eigenvalue weighted by Crippen LogP contribution is -2.30. The molecule has 0 spiro atoms. The zero-order valence-corrected chi connectivity index (χ0v) is 14.4. The van der Waals surface area contributed by atoms with Gasteiger partial charge in [0.25, 0.3) is 5.91 Å². The van der Waals surface area contributed by atoms with Crippen LogP contribution in [0.15, 0.2) is 48.5 Å². The van der Waals surface area contributed by atoms with Crippen LogP contribution >= 0.6 is 22.9 Å². The third-order valence-corrected chi connectivity index (χ3v) is 5.30. The Kier molecular flexibility index (Phi) is 4.12. The highest BCUT2D eigenvalue weighted by molar-refractivity contribution is 7.17. The van der Waals surface area contributed by atoms with Crippen molar-refractivity contribution in [2.45, 2.75) is 12.5 Å². The van der Waals surface area contributed by atoms with Crippen molar-refractivity contribution in [1.29, 1.82) is 0 Å². The highest BCUT2D eigenvalue weighted by atomic mass is 35.5. The van der Waals surface area contributed by atoms with E-state index in [1.807, 2.05) is 41.3 Å². The molecule has 0 radical (unpaired) electrons. The summed E-state index contributed by atoms with van der Waals surface area (Å²) in [5.41, 5.74) is 0.911. The molecule has 4 nitrogen and oxygen atoms in total. The Labute approximate surface area is 148 Å². The molecule has 1 aromatic carbocycles. The van der Waals surface area contributed by atoms with Crippen molar-refractivity contribution < 1.29 is 9.53 Å². The SMILES string of the molecule is O=C(c1ccc(Cl)s1)N1CC[C@@H](Oc2ccc3ccccc3n2)C1. The zero-order valence-electron chi connectivity index (χ0n) is 12.8. The summed E-state index contributed by atoms with van der Waals surface area (Å²) in [5, 5.41) is 1.09. The molecule has 1 fully saturated rings. The van der Waals surface area contributed by atoms with Gasteiger partial charge in [-0.2, -0.15) is 0 Å². The lowest BCUT2D eigenvalue weighted by molar-refractivity contribution is 0.0776. The van der Waals surface area contributed by atoms with Gasteiger partial charge in [-0.3, -0.25) is 4.79 Å². The quantitative estimate of drug-likeness (QED) is 0.703. The van der Waals surface area contributed by atoms with E-state index in [4.69, 9.17) is 16.3 Å². The van der Waals surface area contributed by atoms with Gasteiger partial charge in [-0.25, -0.2) is 4.98 Å². The van der Waals surface area contributed by atoms with E-state index < -0.39 is 0 Å². The molecule has 3 heterocycles. The molecule has 24 heavy (non-hydrogen) atoms. The first kappa shape index (κ1) is 15.4. The highest BCUT2D eigenvalue weighted by Crippen LogP contribution is 2.25. The lowest BCUT2D eigenvalue weighted by Gasteiger charge is -2.16. The molecule has 2 aromatic heterocycles. The van der Waals surface area contributed by atoms with Crippen LogP contribution in [0, 0.1) is 0 Å². The number of halogens is 1. The van der Waals surface area contributed by atoms with Crippen LogP contribution in [0.5, 0.6) is 5.88 Å². The normalized spacial score (nSPS) is 17.4. The molecular weight excluding hydrogens is 344 g/mol. The summed E-state index contributed by atoms with van der Waals surface area (Å²) in [4.78, 5) is 19.5. The number of thiophene rings is 1. The van der Waals surface area contributed by atoms with Crippen LogP contribution < -0.4 is 4.74 Å². The first-order valence-electron chi connectivity index (χ1n) is 7.76. The van der Waals surface area contributed by atoms with Crippen LogP contribution in [-0.4, -0.2) is 35.0 Å². The molecule has 0 unspecified atom stereocenters. The predicted molar refractivity (Wildman–Crippen MR) is 96.0 cm³/mol. The molecule has 1 aliphatic rings. The second-order valence-electron chi connectivity index (χ2n) is 5.73. The van der Waals surface area contributed by atoms with Crippen molar-refractivity contribution >= 4 is 39.7 Å². The van der Waals surface area contributed by atoms with Crippen LogP contribution in [0.1, 0.15) is 16.1 Å². The summed E-state index contributed by atoms with van der Waals surface area (Å²) in [5.74, 6) is 0.622. The number of ether oxygens (including phenoxy) is 1. The van der Waals surface area contributed by atoms with E-state index >= 15 is 0 Å². The monoisotopic (exact) mass is 358 g/mol. The number of hydrogen-bond donors (Lipinski definition) is 0. The van der Waals surface area contributed by atoms with Gasteiger partial charge in [0, 0.05) is 24.4 Å². The molecule has 1 saturated heterocycles. The van der Waals surface area contributed by atoms with Gasteiger partial charge < -0.3 is 9.64 Å². The van der Waals surface area contributed by atoms with Crippen LogP contribution in [0.2, 0.25) is 4.34 Å². The van der Waals surface area contributed by atoms with Crippen molar-refractivity contribution in [2.24, 2.45) is 0 Å². The largest absolute Gasteiger partial charge is 0.472 e. The maximum absolute atomic E-state index is 12.4. The summed E-state index contributed by atoms with van der Waals surface area (Å²) in [6.07, 6.45) is 0.775. The Morgan fingerprint density at radius 2 is 2.08 bits per heavy atom. The smallest absolute Gasteiger partial charge is 0.264 e. The fourth-order valence-electron chi connectivity index (χ4n) is 2.88. The summed E-state index contributed by atoms with van der Waals surface area (Å²) in [7, 11) is 0. The predicted octanol–water partition coefficient (Wildman–Crippen LogP) is 4.24. The molecule has 1 aliphatic heterocycles. The number of fused-ring (bicyclic) bond motifs is 1. The number of nitrogens with zero attached hydrogens (tertiary/aromatic N) is 2. The van der Waals surface area contributed by atoms with Gasteiger partial charge in [-0.15, -0.1) is 11.3 Å². The number of carbonyl (C=O) groups excluding carboxylic acids is 1. The number of amides is 1. The Bertz CT molecular complexity index is 895. The Morgan fingerprint density at radius 3 is 2.92 bits per heavy atom. The molecular formula is C18H15ClN2O2S. The highest BCUT2D eigenvalue weighted by Gasteiger charge is 2.29. The molecule has 0 N–H and O–H groups in total. The molecule has 1 atom stereocenters. The van der Waals surface area contributed by atoms with Crippen molar-refractivity contribution in [1.82, 2.24) is 9.88 Å². The van der Waals surface area contributed by atoms with Gasteiger partial charge in [0.05, 0.1) is 21.3 Å². The van der Waals surface area contributed by atoms with Crippen molar-refractivity contribution in [3.05, 3.63) is 57.7 Å². The van der Waals surface area contributed by atoms with Gasteiger partial charge in [0.15, 0.2) is 0 Å². The topological polar surface area (TPSA) is 42.4 Å². The van der Waals surface area contributed by atoms with Crippen LogP contribution in [0.3, 0.4) is 0 Å². The summed E-state index contributed by atoms with van der Waals surface area (Å²) >= 11 is 7.22. The Balaban J connectivity index is 1.43. The van der Waals surface area contributed by atoms with E-state index in [2.05, 4.69) is 4.98 Å². The van der Waals surface area contributed by atoms with Crippen molar-refractivity contribution in [2.75, 3.05) is 13.1 Å². The van der Waals surface area contributed by atoms with Gasteiger partial charge in [-0.05, 0) is 24.3 Å². The first-order chi connectivity index (χ1) is 11.7. The second-order valence-corrected chi connectivity index (χ2v) is 7.44. The van der Waals surface area contributed by atoms with E-state index in [0.29, 0.717) is 28.2 Å². The van der Waals surface area contributed by atoms with Crippen molar-refractivity contribution in [3.8, 4) is 5.88 Å². The average molecular weight is 359 g/mol. The third-order valence-electron chi connectivity index (χ3n) is 4.08. The number of likely N-dealkylation sites (tertiary alicyclic amines) is 1. The minimum Gasteiger partial charge on any atom is -0.472 e. The number of aromatic nitrogens is 1. The van der Waals surface area contributed by atoms with Crippen LogP contribution in [-0.2, 0) is 0 Å². The number of benzene rings is 1. The minimum atomic E-state index is -0.0296. The summed E-state index contributed by atoms with van der Waals surface area (Å²) < 4.78 is 6.61. The van der Waals surface area contributed by atoms with E-state index in [9.17, 15) is 4.79 Å². The van der Waals surface area contributed by atoms with Gasteiger partial charge in [-0.1, -0.05) is 29.8 Å². The fourth-order valence-corrected chi connectivity index (χ4v) is 3.89. The maximum atomic E-state index is 12.4. The molecule has 0 bridgehead atoms. The standard InChI is InChI=1S/C18H15ClN2O2S/c19-16-7-6-15(24-16)18(22)21-10-9-13(11-21)23-17-8-5-12-3-1-2-4-14(12)20-17/h1-8,13H,9-11H2/t13-/m1/s1. The Morgan fingerprint density at radius 1 is 1.21 bits per heavy atom. The van der Waals surface area contributed by atoms with Gasteiger partial charge in [0.2, 0.25) is 5.88 Å². The van der Waals surface area contributed by atoms with Crippen molar-refractivity contribution in [3.63, 3.8) is 0 Å². The van der Waals surface area contributed by atoms with E-state index in [-0.39, 0.29) is 12.0 Å².